The van der Waals surface area contributed by atoms with Crippen LogP contribution in [0, 0.1) is 12.1 Å². The summed E-state index contributed by atoms with van der Waals surface area (Å²) in [5, 5.41) is 19.2. The van der Waals surface area contributed by atoms with E-state index in [-0.39, 0.29) is 0 Å². The van der Waals surface area contributed by atoms with Crippen LogP contribution < -0.4 is 10.0 Å². The Morgan fingerprint density at radius 3 is 2.55 bits per heavy atom. The van der Waals surface area contributed by atoms with Gasteiger partial charge in [0, 0.05) is 47.6 Å². The van der Waals surface area contributed by atoms with Gasteiger partial charge in [-0.1, -0.05) is 17.3 Å². The van der Waals surface area contributed by atoms with Crippen molar-refractivity contribution in [2.75, 3.05) is 0 Å². The third-order valence-electron chi connectivity index (χ3n) is 6.51. The summed E-state index contributed by atoms with van der Waals surface area (Å²) >= 11 is 0. The zero-order valence-corrected chi connectivity index (χ0v) is 21.5. The molecule has 4 aromatic rings. The molecule has 1 aliphatic rings. The normalized spacial score (nSPS) is 15.7. The topological polar surface area (TPSA) is 103 Å². The third-order valence-corrected chi connectivity index (χ3v) is 6.51. The van der Waals surface area contributed by atoms with E-state index in [1.807, 2.05) is 25.1 Å². The Balaban J connectivity index is 1.43. The van der Waals surface area contributed by atoms with Gasteiger partial charge in [0.15, 0.2) is 6.20 Å². The fraction of sp³-hybridized carbons (Fsp3) is 0.207. The summed E-state index contributed by atoms with van der Waals surface area (Å²) in [6.07, 6.45) is -0.619. The van der Waals surface area contributed by atoms with Gasteiger partial charge in [0.2, 0.25) is 11.8 Å². The van der Waals surface area contributed by atoms with Gasteiger partial charge >= 0.3 is 6.18 Å². The second kappa shape index (κ2) is 10.8. The maximum Gasteiger partial charge on any atom is 0.433 e. The number of carbonyl (C=O) groups excluding carboxylic acids is 1. The molecule has 1 amide bonds. The highest BCUT2D eigenvalue weighted by Gasteiger charge is 2.32. The Hall–Kier alpha value is -4.80. The largest absolute Gasteiger partial charge is 0.618 e. The molecule has 0 aliphatic carbocycles. The molecule has 0 bridgehead atoms. The lowest BCUT2D eigenvalue weighted by atomic mass is 9.96. The molecule has 4 heterocycles. The van der Waals surface area contributed by atoms with Gasteiger partial charge in [0.1, 0.15) is 5.69 Å². The number of benzene rings is 1. The minimum absolute atomic E-state index is 0.298. The highest BCUT2D eigenvalue weighted by atomic mass is 19.4. The number of amides is 1. The molecule has 1 aliphatic heterocycles. The predicted octanol–water partition coefficient (Wildman–Crippen LogP) is 5.46. The Bertz CT molecular complexity index is 1570. The van der Waals surface area contributed by atoms with Crippen LogP contribution in [0.3, 0.4) is 0 Å². The summed E-state index contributed by atoms with van der Waals surface area (Å²) in [4.78, 5) is 26.9. The van der Waals surface area contributed by atoms with E-state index in [0.717, 1.165) is 22.6 Å². The first-order valence-corrected chi connectivity index (χ1v) is 12.4. The molecule has 1 N–H and O–H groups in total. The number of nitrogens with zero attached hydrogens (tertiary/aromatic N) is 4. The number of oxime groups is 1. The number of hydrogen-bond donors (Lipinski definition) is 1. The second-order valence-corrected chi connectivity index (χ2v) is 9.48. The molecule has 5 rings (SSSR count). The Labute approximate surface area is 227 Å². The number of aromatic nitrogens is 3. The Morgan fingerprint density at radius 2 is 1.88 bits per heavy atom. The van der Waals surface area contributed by atoms with Crippen LogP contribution in [0.1, 0.15) is 63.9 Å². The standard InChI is InChI=1S/C29H24F3N5O3/c1-17-6-8-23(33-15-17)20-11-21(24-14-26(40-36-24)25-5-3-4-10-37(25)39)13-22(12-20)28(38)35-18(2)19-7-9-27(34-16-19)29(30,31)32/h3-13,15-16,18,26H,14H2,1-2H3,(H,35,38)/t18-,26?/m1/s1. The molecule has 1 aromatic carbocycles. The number of halogens is 3. The molecule has 0 saturated carbocycles. The number of hydrogen-bond acceptors (Lipinski definition) is 6. The van der Waals surface area contributed by atoms with Crippen LogP contribution in [-0.2, 0) is 11.0 Å². The number of pyridine rings is 3. The number of rotatable bonds is 6. The van der Waals surface area contributed by atoms with Gasteiger partial charge in [-0.15, -0.1) is 0 Å². The van der Waals surface area contributed by atoms with Crippen LogP contribution in [0.2, 0.25) is 0 Å². The van der Waals surface area contributed by atoms with E-state index in [1.165, 1.54) is 12.3 Å². The van der Waals surface area contributed by atoms with Gasteiger partial charge in [-0.3, -0.25) is 14.8 Å². The van der Waals surface area contributed by atoms with Crippen LogP contribution >= 0.6 is 0 Å². The van der Waals surface area contributed by atoms with E-state index in [2.05, 4.69) is 20.4 Å². The highest BCUT2D eigenvalue weighted by molar-refractivity contribution is 6.05. The van der Waals surface area contributed by atoms with Crippen molar-refractivity contribution in [1.82, 2.24) is 15.3 Å². The minimum atomic E-state index is -4.55. The summed E-state index contributed by atoms with van der Waals surface area (Å²) in [5.41, 5.74) is 3.57. The maximum absolute atomic E-state index is 13.3. The third kappa shape index (κ3) is 5.78. The molecule has 0 spiro atoms. The first-order valence-electron chi connectivity index (χ1n) is 12.4. The van der Waals surface area contributed by atoms with E-state index in [9.17, 15) is 23.2 Å². The molecule has 40 heavy (non-hydrogen) atoms. The highest BCUT2D eigenvalue weighted by Crippen LogP contribution is 2.31. The van der Waals surface area contributed by atoms with E-state index in [1.54, 1.807) is 43.5 Å². The number of alkyl halides is 3. The van der Waals surface area contributed by atoms with E-state index >= 15 is 0 Å². The second-order valence-electron chi connectivity index (χ2n) is 9.48. The first-order chi connectivity index (χ1) is 19.1. The minimum Gasteiger partial charge on any atom is -0.618 e. The molecule has 1 unspecified atom stereocenters. The zero-order chi connectivity index (χ0) is 28.4. The van der Waals surface area contributed by atoms with Crippen LogP contribution in [0.4, 0.5) is 13.2 Å². The summed E-state index contributed by atoms with van der Waals surface area (Å²) in [5.74, 6) is -0.445. The monoisotopic (exact) mass is 547 g/mol. The average Bonchev–Trinajstić information content (AvgIpc) is 3.43. The Kier molecular flexibility index (Phi) is 7.20. The summed E-state index contributed by atoms with van der Waals surface area (Å²) in [6, 6.07) is 15.5. The van der Waals surface area contributed by atoms with Crippen molar-refractivity contribution < 1.29 is 27.5 Å². The van der Waals surface area contributed by atoms with E-state index < -0.39 is 29.9 Å². The molecular weight excluding hydrogens is 523 g/mol. The summed E-state index contributed by atoms with van der Waals surface area (Å²) < 4.78 is 39.4. The average molecular weight is 548 g/mol. The van der Waals surface area contributed by atoms with Gasteiger partial charge in [0.25, 0.3) is 5.91 Å². The smallest absolute Gasteiger partial charge is 0.433 e. The number of aryl methyl sites for hydroxylation is 1. The van der Waals surface area contributed by atoms with Crippen molar-refractivity contribution in [3.05, 3.63) is 118 Å². The molecule has 0 radical (unpaired) electrons. The van der Waals surface area contributed by atoms with Gasteiger partial charge < -0.3 is 15.4 Å². The summed E-state index contributed by atoms with van der Waals surface area (Å²) in [6.45, 7) is 3.58. The van der Waals surface area contributed by atoms with Gasteiger partial charge in [-0.25, -0.2) is 0 Å². The fourth-order valence-electron chi connectivity index (χ4n) is 4.30. The van der Waals surface area contributed by atoms with Crippen molar-refractivity contribution >= 4 is 11.6 Å². The van der Waals surface area contributed by atoms with E-state index in [0.29, 0.717) is 45.8 Å². The molecule has 3 aromatic heterocycles. The Morgan fingerprint density at radius 1 is 1.07 bits per heavy atom. The van der Waals surface area contributed by atoms with Crippen LogP contribution in [0.15, 0.2) is 84.4 Å². The van der Waals surface area contributed by atoms with Gasteiger partial charge in [-0.05, 0) is 61.4 Å². The van der Waals surface area contributed by atoms with Crippen LogP contribution in [-0.4, -0.2) is 21.6 Å². The predicted molar refractivity (Wildman–Crippen MR) is 140 cm³/mol. The van der Waals surface area contributed by atoms with Crippen LogP contribution in [0.25, 0.3) is 11.3 Å². The molecule has 11 heteroatoms. The maximum atomic E-state index is 13.3. The molecule has 8 nitrogen and oxygen atoms in total. The molecule has 2 atom stereocenters. The number of carbonyl (C=O) groups is 1. The van der Waals surface area contributed by atoms with Crippen molar-refractivity contribution in [2.24, 2.45) is 5.16 Å². The lowest BCUT2D eigenvalue weighted by Gasteiger charge is -2.16. The zero-order valence-electron chi connectivity index (χ0n) is 21.5. The van der Waals surface area contributed by atoms with Crippen LogP contribution in [0.5, 0.6) is 0 Å². The quantitative estimate of drug-likeness (QED) is 0.255. The summed E-state index contributed by atoms with van der Waals surface area (Å²) in [7, 11) is 0. The molecule has 0 saturated heterocycles. The van der Waals surface area contributed by atoms with Crippen molar-refractivity contribution in [3.63, 3.8) is 0 Å². The first kappa shape index (κ1) is 26.8. The number of nitrogens with one attached hydrogen (secondary N) is 1. The van der Waals surface area contributed by atoms with E-state index in [4.69, 9.17) is 4.84 Å². The SMILES string of the molecule is Cc1ccc(-c2cc(C(=O)N[C@H](C)c3ccc(C(F)(F)F)nc3)cc(C3=NOC(c4cccc[n+]4[O-])C3)c2)nc1. The molecular formula is C29H24F3N5O3. The van der Waals surface area contributed by atoms with Gasteiger partial charge in [0.05, 0.1) is 17.4 Å². The molecule has 204 valence electrons. The lowest BCUT2D eigenvalue weighted by Crippen LogP contribution is -2.32. The lowest BCUT2D eigenvalue weighted by molar-refractivity contribution is -0.618. The fourth-order valence-corrected chi connectivity index (χ4v) is 4.30. The van der Waals surface area contributed by atoms with Crippen molar-refractivity contribution in [3.8, 4) is 11.3 Å². The van der Waals surface area contributed by atoms with Crippen molar-refractivity contribution in [2.45, 2.75) is 38.6 Å². The van der Waals surface area contributed by atoms with Gasteiger partial charge in [-0.2, -0.15) is 17.9 Å². The molecule has 0 fully saturated rings. The van der Waals surface area contributed by atoms with Crippen molar-refractivity contribution in [1.29, 1.82) is 0 Å².